The molecule has 142 valence electrons. The van der Waals surface area contributed by atoms with Crippen molar-refractivity contribution in [3.63, 3.8) is 0 Å². The lowest BCUT2D eigenvalue weighted by Crippen LogP contribution is -2.57. The number of amides is 3. The molecule has 0 aliphatic carbocycles. The first kappa shape index (κ1) is 18.9. The summed E-state index contributed by atoms with van der Waals surface area (Å²) in [6.07, 6.45) is 1.44. The van der Waals surface area contributed by atoms with Gasteiger partial charge in [-0.15, -0.1) is 0 Å². The van der Waals surface area contributed by atoms with Crippen molar-refractivity contribution in [2.45, 2.75) is 58.7 Å². The second-order valence-electron chi connectivity index (χ2n) is 8.33. The van der Waals surface area contributed by atoms with Crippen LogP contribution < -0.4 is 0 Å². The lowest BCUT2D eigenvalue weighted by Gasteiger charge is -2.43. The van der Waals surface area contributed by atoms with Gasteiger partial charge in [0, 0.05) is 32.2 Å². The maximum absolute atomic E-state index is 13.4. The van der Waals surface area contributed by atoms with E-state index in [0.717, 1.165) is 31.5 Å². The molecular weight excluding hydrogens is 326 g/mol. The fourth-order valence-electron chi connectivity index (χ4n) is 4.19. The normalized spacial score (nSPS) is 20.8. The van der Waals surface area contributed by atoms with E-state index in [-0.39, 0.29) is 17.9 Å². The van der Waals surface area contributed by atoms with Crippen LogP contribution in [0.3, 0.4) is 0 Å². The third-order valence-corrected chi connectivity index (χ3v) is 5.71. The molecule has 0 unspecified atom stereocenters. The number of rotatable bonds is 5. The van der Waals surface area contributed by atoms with Crippen LogP contribution in [0.25, 0.3) is 0 Å². The van der Waals surface area contributed by atoms with Gasteiger partial charge >= 0.3 is 6.03 Å². The van der Waals surface area contributed by atoms with Crippen LogP contribution in [-0.4, -0.2) is 57.9 Å². The zero-order valence-electron chi connectivity index (χ0n) is 16.4. The number of urea groups is 1. The summed E-state index contributed by atoms with van der Waals surface area (Å²) in [6, 6.07) is 10.3. The van der Waals surface area contributed by atoms with E-state index in [9.17, 15) is 9.59 Å². The Kier molecular flexibility index (Phi) is 5.37. The lowest BCUT2D eigenvalue weighted by atomic mass is 9.85. The maximum atomic E-state index is 13.4. The van der Waals surface area contributed by atoms with Gasteiger partial charge in [-0.2, -0.15) is 0 Å². The van der Waals surface area contributed by atoms with Gasteiger partial charge in [-0.3, -0.25) is 9.69 Å². The van der Waals surface area contributed by atoms with Gasteiger partial charge in [0.25, 0.3) is 5.91 Å². The lowest BCUT2D eigenvalue weighted by molar-refractivity contribution is -0.136. The summed E-state index contributed by atoms with van der Waals surface area (Å²) in [7, 11) is 0. The number of likely N-dealkylation sites (tertiary alicyclic amines) is 1. The van der Waals surface area contributed by atoms with E-state index in [1.807, 2.05) is 35.2 Å². The van der Waals surface area contributed by atoms with Crippen molar-refractivity contribution in [1.82, 2.24) is 14.7 Å². The fourth-order valence-corrected chi connectivity index (χ4v) is 4.19. The van der Waals surface area contributed by atoms with Crippen LogP contribution >= 0.6 is 0 Å². The number of hydrogen-bond acceptors (Lipinski definition) is 3. The Balaban J connectivity index is 1.90. The molecule has 2 saturated heterocycles. The number of piperidine rings is 1. The van der Waals surface area contributed by atoms with Crippen molar-refractivity contribution in [3.05, 3.63) is 35.9 Å². The molecule has 3 amide bonds. The van der Waals surface area contributed by atoms with Gasteiger partial charge < -0.3 is 9.80 Å². The summed E-state index contributed by atoms with van der Waals surface area (Å²) in [5.74, 6) is 0.280. The molecule has 5 heteroatoms. The summed E-state index contributed by atoms with van der Waals surface area (Å²) in [5, 5.41) is 0. The van der Waals surface area contributed by atoms with Crippen LogP contribution in [0.15, 0.2) is 30.3 Å². The topological polar surface area (TPSA) is 43.9 Å². The van der Waals surface area contributed by atoms with Gasteiger partial charge in [-0.1, -0.05) is 44.2 Å². The summed E-state index contributed by atoms with van der Waals surface area (Å²) in [4.78, 5) is 32.3. The largest absolute Gasteiger partial charge is 0.327 e. The van der Waals surface area contributed by atoms with E-state index in [1.54, 1.807) is 0 Å². The minimum atomic E-state index is -0.673. The van der Waals surface area contributed by atoms with E-state index in [1.165, 1.54) is 4.90 Å². The van der Waals surface area contributed by atoms with Crippen molar-refractivity contribution >= 4 is 11.9 Å². The zero-order valence-corrected chi connectivity index (χ0v) is 16.4. The molecule has 1 aromatic rings. The molecule has 1 aromatic carbocycles. The van der Waals surface area contributed by atoms with Crippen LogP contribution in [0.2, 0.25) is 0 Å². The van der Waals surface area contributed by atoms with Gasteiger partial charge in [0.1, 0.15) is 5.54 Å². The molecule has 0 N–H and O–H groups in total. The zero-order chi connectivity index (χ0) is 18.9. The molecule has 1 spiro atoms. The van der Waals surface area contributed by atoms with Gasteiger partial charge in [0.05, 0.1) is 0 Å². The highest BCUT2D eigenvalue weighted by molar-refractivity contribution is 6.07. The molecule has 0 aromatic heterocycles. The molecule has 2 aliphatic heterocycles. The number of carbonyl (C=O) groups excluding carboxylic acids is 2. The van der Waals surface area contributed by atoms with Gasteiger partial charge in [0.15, 0.2) is 0 Å². The fraction of sp³-hybridized carbons (Fsp3) is 0.619. The Morgan fingerprint density at radius 2 is 1.62 bits per heavy atom. The summed E-state index contributed by atoms with van der Waals surface area (Å²) in [6.45, 7) is 11.2. The quantitative estimate of drug-likeness (QED) is 0.759. The van der Waals surface area contributed by atoms with Crippen LogP contribution in [-0.2, 0) is 11.3 Å². The van der Waals surface area contributed by atoms with Gasteiger partial charge in [-0.05, 0) is 38.2 Å². The monoisotopic (exact) mass is 357 g/mol. The summed E-state index contributed by atoms with van der Waals surface area (Å²) in [5.41, 5.74) is 0.401. The van der Waals surface area contributed by atoms with E-state index < -0.39 is 5.54 Å². The van der Waals surface area contributed by atoms with Gasteiger partial charge in [-0.25, -0.2) is 4.79 Å². The Hall–Kier alpha value is -1.88. The number of benzene rings is 1. The number of nitrogens with zero attached hydrogens (tertiary/aromatic N) is 3. The Bertz CT molecular complexity index is 648. The summed E-state index contributed by atoms with van der Waals surface area (Å²) >= 11 is 0. The van der Waals surface area contributed by atoms with Crippen molar-refractivity contribution in [1.29, 1.82) is 0 Å². The molecule has 0 radical (unpaired) electrons. The Labute approximate surface area is 156 Å². The molecule has 2 fully saturated rings. The number of carbonyl (C=O) groups is 2. The molecular formula is C21H31N3O2. The minimum Gasteiger partial charge on any atom is -0.305 e. The third kappa shape index (κ3) is 3.37. The van der Waals surface area contributed by atoms with E-state index >= 15 is 0 Å². The predicted octanol–water partition coefficient (Wildman–Crippen LogP) is 3.35. The maximum Gasteiger partial charge on any atom is 0.327 e. The molecule has 0 bridgehead atoms. The minimum absolute atomic E-state index is 0.00976. The molecule has 5 nitrogen and oxygen atoms in total. The highest BCUT2D eigenvalue weighted by Crippen LogP contribution is 2.39. The van der Waals surface area contributed by atoms with Crippen molar-refractivity contribution in [2.75, 3.05) is 19.6 Å². The first-order valence-corrected chi connectivity index (χ1v) is 9.76. The van der Waals surface area contributed by atoms with E-state index in [0.29, 0.717) is 19.1 Å². The van der Waals surface area contributed by atoms with Crippen molar-refractivity contribution in [3.8, 4) is 0 Å². The van der Waals surface area contributed by atoms with Crippen LogP contribution in [0.4, 0.5) is 4.79 Å². The van der Waals surface area contributed by atoms with Crippen molar-refractivity contribution < 1.29 is 9.59 Å². The molecule has 2 heterocycles. The standard InChI is InChI=1S/C21H31N3O2/c1-16(2)14-23-19(25)21(10-12-22(13-11-21)17(3)4)24(20(23)26)15-18-8-6-5-7-9-18/h5-9,16-17H,10-15H2,1-4H3. The van der Waals surface area contributed by atoms with Crippen LogP contribution in [0.5, 0.6) is 0 Å². The van der Waals surface area contributed by atoms with E-state index in [4.69, 9.17) is 0 Å². The summed E-state index contributed by atoms with van der Waals surface area (Å²) < 4.78 is 0. The first-order valence-electron chi connectivity index (χ1n) is 9.76. The highest BCUT2D eigenvalue weighted by Gasteiger charge is 2.57. The van der Waals surface area contributed by atoms with E-state index in [2.05, 4.69) is 32.6 Å². The average Bonchev–Trinajstić information content (AvgIpc) is 2.79. The smallest absolute Gasteiger partial charge is 0.305 e. The first-order chi connectivity index (χ1) is 12.3. The number of hydrogen-bond donors (Lipinski definition) is 0. The Morgan fingerprint density at radius 1 is 1.00 bits per heavy atom. The molecule has 0 saturated carbocycles. The third-order valence-electron chi connectivity index (χ3n) is 5.71. The van der Waals surface area contributed by atoms with Crippen LogP contribution in [0, 0.1) is 5.92 Å². The average molecular weight is 357 g/mol. The highest BCUT2D eigenvalue weighted by atomic mass is 16.2. The molecule has 3 rings (SSSR count). The predicted molar refractivity (Wildman–Crippen MR) is 103 cm³/mol. The second-order valence-corrected chi connectivity index (χ2v) is 8.33. The molecule has 2 aliphatic rings. The van der Waals surface area contributed by atoms with Gasteiger partial charge in [0.2, 0.25) is 0 Å². The Morgan fingerprint density at radius 3 is 2.15 bits per heavy atom. The van der Waals surface area contributed by atoms with Crippen molar-refractivity contribution in [2.24, 2.45) is 5.92 Å². The molecule has 26 heavy (non-hydrogen) atoms. The number of imide groups is 1. The van der Waals surface area contributed by atoms with Crippen LogP contribution in [0.1, 0.15) is 46.1 Å². The second kappa shape index (κ2) is 7.39. The molecule has 0 atom stereocenters. The SMILES string of the molecule is CC(C)CN1C(=O)N(Cc2ccccc2)C2(CCN(C(C)C)CC2)C1=O.